The first-order chi connectivity index (χ1) is 12.2. The Labute approximate surface area is 141 Å². The first-order valence-corrected chi connectivity index (χ1v) is 7.46. The average Bonchev–Trinajstić information content (AvgIpc) is 3.12. The third-order valence-corrected chi connectivity index (χ3v) is 3.60. The van der Waals surface area contributed by atoms with E-state index in [0.29, 0.717) is 11.2 Å². The van der Waals surface area contributed by atoms with Crippen molar-refractivity contribution in [2.24, 2.45) is 0 Å². The molecule has 122 valence electrons. The van der Waals surface area contributed by atoms with Gasteiger partial charge in [0.25, 0.3) is 5.89 Å². The van der Waals surface area contributed by atoms with Gasteiger partial charge in [0.1, 0.15) is 5.82 Å². The van der Waals surface area contributed by atoms with Crippen LogP contribution in [0.15, 0.2) is 65.2 Å². The minimum atomic E-state index is -0.590. The fourth-order valence-corrected chi connectivity index (χ4v) is 2.44. The third kappa shape index (κ3) is 2.83. The number of halogens is 1. The van der Waals surface area contributed by atoms with Crippen molar-refractivity contribution in [3.8, 4) is 11.5 Å². The predicted molar refractivity (Wildman–Crippen MR) is 89.4 cm³/mol. The van der Waals surface area contributed by atoms with Gasteiger partial charge in [-0.1, -0.05) is 30.3 Å². The van der Waals surface area contributed by atoms with Crippen LogP contribution < -0.4 is 5.32 Å². The molecule has 0 aliphatic heterocycles. The van der Waals surface area contributed by atoms with Crippen LogP contribution >= 0.6 is 0 Å². The zero-order chi connectivity index (χ0) is 17.2. The number of pyridine rings is 1. The van der Waals surface area contributed by atoms with Crippen molar-refractivity contribution in [3.63, 3.8) is 0 Å². The molecule has 0 aliphatic carbocycles. The van der Waals surface area contributed by atoms with E-state index in [1.54, 1.807) is 30.5 Å². The number of hydrogen-bond acceptors (Lipinski definition) is 5. The van der Waals surface area contributed by atoms with Crippen LogP contribution in [0, 0.1) is 5.82 Å². The monoisotopic (exact) mass is 334 g/mol. The topological polar surface area (TPSA) is 80.9 Å². The Hall–Kier alpha value is -3.61. The van der Waals surface area contributed by atoms with Crippen LogP contribution in [0.25, 0.3) is 22.4 Å². The van der Waals surface area contributed by atoms with Gasteiger partial charge in [0.15, 0.2) is 0 Å². The molecule has 0 saturated carbocycles. The Morgan fingerprint density at radius 2 is 1.84 bits per heavy atom. The number of aromatic nitrogens is 3. The van der Waals surface area contributed by atoms with E-state index in [2.05, 4.69) is 20.5 Å². The molecule has 0 atom stereocenters. The lowest BCUT2D eigenvalue weighted by Crippen LogP contribution is -2.12. The zero-order valence-corrected chi connectivity index (χ0v) is 12.8. The fraction of sp³-hybridized carbons (Fsp3) is 0. The van der Waals surface area contributed by atoms with E-state index in [0.717, 1.165) is 5.39 Å². The molecule has 25 heavy (non-hydrogen) atoms. The van der Waals surface area contributed by atoms with Crippen molar-refractivity contribution in [2.75, 3.05) is 5.32 Å². The highest BCUT2D eigenvalue weighted by molar-refractivity contribution is 6.05. The number of amides is 1. The van der Waals surface area contributed by atoms with Crippen LogP contribution in [0.1, 0.15) is 10.7 Å². The molecular formula is C18H11FN4O2. The highest BCUT2D eigenvalue weighted by atomic mass is 19.1. The Balaban J connectivity index is 1.63. The summed E-state index contributed by atoms with van der Waals surface area (Å²) in [5, 5.41) is 11.0. The molecule has 6 nitrogen and oxygen atoms in total. The Morgan fingerprint density at radius 3 is 2.72 bits per heavy atom. The Morgan fingerprint density at radius 1 is 1.00 bits per heavy atom. The fourth-order valence-electron chi connectivity index (χ4n) is 2.44. The van der Waals surface area contributed by atoms with Crippen LogP contribution in [0.4, 0.5) is 10.1 Å². The maximum Gasteiger partial charge on any atom is 0.313 e. The lowest BCUT2D eigenvalue weighted by molar-refractivity contribution is 0.0991. The normalized spacial score (nSPS) is 10.8. The van der Waals surface area contributed by atoms with Crippen LogP contribution in [-0.2, 0) is 0 Å². The maximum atomic E-state index is 13.8. The molecule has 0 aliphatic rings. The van der Waals surface area contributed by atoms with Gasteiger partial charge in [0.2, 0.25) is 0 Å². The molecule has 0 fully saturated rings. The summed E-state index contributed by atoms with van der Waals surface area (Å²) in [7, 11) is 0. The summed E-state index contributed by atoms with van der Waals surface area (Å²) in [6, 6.07) is 15.1. The summed E-state index contributed by atoms with van der Waals surface area (Å²) in [6.07, 6.45) is 1.64. The lowest BCUT2D eigenvalue weighted by atomic mass is 10.2. The summed E-state index contributed by atoms with van der Waals surface area (Å²) < 4.78 is 19.1. The average molecular weight is 334 g/mol. The summed E-state index contributed by atoms with van der Waals surface area (Å²) in [5.74, 6) is -1.41. The largest absolute Gasteiger partial charge is 0.412 e. The first-order valence-electron chi connectivity index (χ1n) is 7.46. The van der Waals surface area contributed by atoms with Crippen LogP contribution in [0.5, 0.6) is 0 Å². The number of hydrogen-bond donors (Lipinski definition) is 1. The van der Waals surface area contributed by atoms with Crippen molar-refractivity contribution in [2.45, 2.75) is 0 Å². The number of anilines is 1. The Kier molecular flexibility index (Phi) is 3.66. The molecule has 4 rings (SSSR count). The van der Waals surface area contributed by atoms with Gasteiger partial charge in [0.05, 0.1) is 16.8 Å². The molecule has 2 aromatic heterocycles. The van der Waals surface area contributed by atoms with E-state index in [1.807, 2.05) is 18.2 Å². The standard InChI is InChI=1S/C18H11FN4O2/c19-13-8-2-1-7-12(13)17-22-23-18(25-17)16(24)21-14-9-3-5-11-6-4-10-20-15(11)14/h1-10H,(H,21,24). The first kappa shape index (κ1) is 14.9. The summed E-state index contributed by atoms with van der Waals surface area (Å²) in [6.45, 7) is 0. The van der Waals surface area contributed by atoms with E-state index in [1.165, 1.54) is 12.1 Å². The van der Waals surface area contributed by atoms with E-state index < -0.39 is 11.7 Å². The number of carbonyl (C=O) groups is 1. The zero-order valence-electron chi connectivity index (χ0n) is 12.8. The predicted octanol–water partition coefficient (Wildman–Crippen LogP) is 3.68. The van der Waals surface area contributed by atoms with Gasteiger partial charge < -0.3 is 9.73 Å². The second kappa shape index (κ2) is 6.12. The SMILES string of the molecule is O=C(Nc1cccc2cccnc12)c1nnc(-c2ccccc2F)o1. The van der Waals surface area contributed by atoms with Crippen molar-refractivity contribution >= 4 is 22.5 Å². The minimum Gasteiger partial charge on any atom is -0.412 e. The van der Waals surface area contributed by atoms with Crippen molar-refractivity contribution < 1.29 is 13.6 Å². The smallest absolute Gasteiger partial charge is 0.313 e. The second-order valence-corrected chi connectivity index (χ2v) is 5.23. The molecule has 0 unspecified atom stereocenters. The molecule has 1 amide bonds. The summed E-state index contributed by atoms with van der Waals surface area (Å²) in [4.78, 5) is 16.6. The summed E-state index contributed by atoms with van der Waals surface area (Å²) >= 11 is 0. The molecule has 2 aromatic carbocycles. The van der Waals surface area contributed by atoms with Gasteiger partial charge in [-0.15, -0.1) is 10.2 Å². The number of nitrogens with one attached hydrogen (secondary N) is 1. The lowest BCUT2D eigenvalue weighted by Gasteiger charge is -2.05. The molecule has 1 N–H and O–H groups in total. The Bertz CT molecular complexity index is 1070. The number of carbonyl (C=O) groups excluding carboxylic acids is 1. The van der Waals surface area contributed by atoms with Gasteiger partial charge >= 0.3 is 11.8 Å². The highest BCUT2D eigenvalue weighted by Gasteiger charge is 2.18. The van der Waals surface area contributed by atoms with E-state index in [4.69, 9.17) is 4.42 Å². The van der Waals surface area contributed by atoms with Gasteiger partial charge in [-0.05, 0) is 24.3 Å². The molecule has 0 saturated heterocycles. The van der Waals surface area contributed by atoms with Gasteiger partial charge in [-0.25, -0.2) is 4.39 Å². The molecule has 0 bridgehead atoms. The summed E-state index contributed by atoms with van der Waals surface area (Å²) in [5.41, 5.74) is 1.31. The van der Waals surface area contributed by atoms with Gasteiger partial charge in [0, 0.05) is 11.6 Å². The molecule has 0 radical (unpaired) electrons. The number of fused-ring (bicyclic) bond motifs is 1. The van der Waals surface area contributed by atoms with E-state index >= 15 is 0 Å². The van der Waals surface area contributed by atoms with Crippen molar-refractivity contribution in [1.82, 2.24) is 15.2 Å². The van der Waals surface area contributed by atoms with Crippen LogP contribution in [0.2, 0.25) is 0 Å². The van der Waals surface area contributed by atoms with Gasteiger partial charge in [-0.3, -0.25) is 9.78 Å². The molecule has 4 aromatic rings. The third-order valence-electron chi connectivity index (χ3n) is 3.60. The maximum absolute atomic E-state index is 13.8. The van der Waals surface area contributed by atoms with E-state index in [-0.39, 0.29) is 17.3 Å². The van der Waals surface area contributed by atoms with Crippen LogP contribution in [-0.4, -0.2) is 21.1 Å². The van der Waals surface area contributed by atoms with Crippen molar-refractivity contribution in [3.05, 3.63) is 72.5 Å². The van der Waals surface area contributed by atoms with E-state index in [9.17, 15) is 9.18 Å². The molecular weight excluding hydrogens is 323 g/mol. The number of para-hydroxylation sites is 1. The van der Waals surface area contributed by atoms with Gasteiger partial charge in [-0.2, -0.15) is 0 Å². The van der Waals surface area contributed by atoms with Crippen LogP contribution in [0.3, 0.4) is 0 Å². The quantitative estimate of drug-likeness (QED) is 0.618. The number of rotatable bonds is 3. The highest BCUT2D eigenvalue weighted by Crippen LogP contribution is 2.23. The molecule has 7 heteroatoms. The molecule has 0 spiro atoms. The minimum absolute atomic E-state index is 0.0562. The number of nitrogens with zero attached hydrogens (tertiary/aromatic N) is 3. The molecule has 2 heterocycles. The second-order valence-electron chi connectivity index (χ2n) is 5.23. The number of benzene rings is 2. The van der Waals surface area contributed by atoms with Crippen molar-refractivity contribution in [1.29, 1.82) is 0 Å².